The Labute approximate surface area is 613 Å². The number of allylic oxidation sites excluding steroid dienone is 11. The Balaban J connectivity index is 0.000000174. The molecule has 103 heavy (non-hydrogen) atoms. The van der Waals surface area contributed by atoms with Gasteiger partial charge >= 0.3 is 23.9 Å². The molecular weight excluding hydrogens is 1280 g/mol. The molecule has 0 unspecified atom stereocenters. The second-order valence-corrected chi connectivity index (χ2v) is 32.9. The molecule has 11 nitrogen and oxygen atoms in total. The topological polar surface area (TPSA) is 181 Å². The first kappa shape index (κ1) is 79.8. The Morgan fingerprint density at radius 1 is 0.553 bits per heavy atom. The molecule has 0 bridgehead atoms. The molecule has 5 aromatic carbocycles. The van der Waals surface area contributed by atoms with E-state index in [9.17, 15) is 24.3 Å². The highest BCUT2D eigenvalue weighted by Crippen LogP contribution is 2.51. The van der Waals surface area contributed by atoms with Crippen LogP contribution in [0.25, 0.3) is 17.2 Å². The van der Waals surface area contributed by atoms with Gasteiger partial charge in [-0.1, -0.05) is 231 Å². The third kappa shape index (κ3) is 19.1. The fourth-order valence-corrected chi connectivity index (χ4v) is 15.5. The van der Waals surface area contributed by atoms with Gasteiger partial charge in [-0.3, -0.25) is 0 Å². The summed E-state index contributed by atoms with van der Waals surface area (Å²) in [6.07, 6.45) is 31.7. The maximum absolute atomic E-state index is 11.2. The highest BCUT2D eigenvalue weighted by Gasteiger charge is 2.45. The van der Waals surface area contributed by atoms with Crippen LogP contribution in [0.4, 0.5) is 0 Å². The number of hydrogen-bond donors (Lipinski definition) is 4. The van der Waals surface area contributed by atoms with Crippen LogP contribution in [-0.2, 0) is 81.4 Å². The van der Waals surface area contributed by atoms with Crippen molar-refractivity contribution in [3.05, 3.63) is 277 Å². The van der Waals surface area contributed by atoms with Crippen molar-refractivity contribution >= 4 is 41.1 Å². The monoisotopic (exact) mass is 1390 g/mol. The number of carboxylic acid groups (broad SMARTS) is 4. The quantitative estimate of drug-likeness (QED) is 0.0602. The Kier molecular flexibility index (Phi) is 25.1. The summed E-state index contributed by atoms with van der Waals surface area (Å²) in [4.78, 5) is 43.1. The molecule has 1 fully saturated rings. The first-order valence-corrected chi connectivity index (χ1v) is 36.4. The van der Waals surface area contributed by atoms with Gasteiger partial charge < -0.3 is 34.3 Å². The van der Waals surface area contributed by atoms with Crippen LogP contribution >= 0.6 is 0 Å². The van der Waals surface area contributed by atoms with Crippen LogP contribution in [0.1, 0.15) is 275 Å². The van der Waals surface area contributed by atoms with Gasteiger partial charge in [0.25, 0.3) is 0 Å². The summed E-state index contributed by atoms with van der Waals surface area (Å²) in [7, 11) is 0. The van der Waals surface area contributed by atoms with Crippen LogP contribution in [0, 0.1) is 0 Å². The summed E-state index contributed by atoms with van der Waals surface area (Å²) in [6, 6.07) is 35.7. The third-order valence-corrected chi connectivity index (χ3v) is 21.8. The largest absolute Gasteiger partial charge is 0.478 e. The predicted octanol–water partition coefficient (Wildman–Crippen LogP) is 22.2. The molecule has 4 N–H and O–H groups in total. The molecule has 1 aromatic heterocycles. The molecular formula is C92H112O11. The molecule has 0 amide bonds. The van der Waals surface area contributed by atoms with Crippen LogP contribution in [0.3, 0.4) is 0 Å². The number of carbonyl (C=O) groups is 4. The first-order valence-electron chi connectivity index (χ1n) is 36.4. The summed E-state index contributed by atoms with van der Waals surface area (Å²) in [5.74, 6) is -2.75. The second-order valence-electron chi connectivity index (χ2n) is 32.9. The van der Waals surface area contributed by atoms with E-state index in [4.69, 9.17) is 29.2 Å². The van der Waals surface area contributed by atoms with E-state index < -0.39 is 29.7 Å². The highest BCUT2D eigenvalue weighted by atomic mass is 16.7. The van der Waals surface area contributed by atoms with Crippen molar-refractivity contribution in [1.82, 2.24) is 0 Å². The molecule has 1 aliphatic heterocycles. The molecule has 0 saturated carbocycles. The smallest absolute Gasteiger partial charge is 0.335 e. The van der Waals surface area contributed by atoms with Crippen molar-refractivity contribution in [3.63, 3.8) is 0 Å². The Bertz CT molecular complexity index is 4350. The van der Waals surface area contributed by atoms with E-state index in [0.717, 1.165) is 91.6 Å². The van der Waals surface area contributed by atoms with Gasteiger partial charge in [0, 0.05) is 47.3 Å². The molecule has 0 radical (unpaired) electrons. The highest BCUT2D eigenvalue weighted by molar-refractivity contribution is 5.88. The molecule has 2 heterocycles. The first-order chi connectivity index (χ1) is 47.9. The minimum absolute atomic E-state index is 0. The van der Waals surface area contributed by atoms with E-state index in [1.165, 1.54) is 116 Å². The van der Waals surface area contributed by atoms with Crippen molar-refractivity contribution in [2.45, 2.75) is 233 Å². The average molecular weight is 1390 g/mol. The summed E-state index contributed by atoms with van der Waals surface area (Å²) in [6.45, 7) is 39.1. The lowest BCUT2D eigenvalue weighted by atomic mass is 9.62. The van der Waals surface area contributed by atoms with E-state index in [2.05, 4.69) is 182 Å². The number of benzene rings is 5. The van der Waals surface area contributed by atoms with Crippen LogP contribution in [0.5, 0.6) is 0 Å². The van der Waals surface area contributed by atoms with Crippen LogP contribution < -0.4 is 0 Å². The second kappa shape index (κ2) is 32.4. The summed E-state index contributed by atoms with van der Waals surface area (Å²) < 4.78 is 18.3. The van der Waals surface area contributed by atoms with Gasteiger partial charge in [0.15, 0.2) is 0 Å². The van der Waals surface area contributed by atoms with Gasteiger partial charge in [0.2, 0.25) is 5.79 Å². The molecule has 5 aliphatic carbocycles. The van der Waals surface area contributed by atoms with Crippen molar-refractivity contribution < 1.29 is 53.5 Å². The standard InChI is InChI=1S/C25H30O3.C24H28O4.C22H28O2.C20H22O2.CH4/c1-24(2)12-13-25(3,4)21-14-16(8-10-20(21)24)18-6-5-7-22-19(18)15-17(28-22)9-11-23(26)27;1-22(2)11-12-23(3,4)20-15-18(9-10-19(20)22)24(27-13-14-28-24)17-7-5-16(6-8-17)21(25)26;1-15(9-7-8-10-20(23)24)18-13-16(21(2,3)4)14-19-17(18)11-12-22(19,5)6;1-15(7-5-8-16(2)14-20(21)22)13-18-11-6-10-17-9-3-4-12-19(17)18;/h8-11,14-15,18H,5-7,12-13H2,1-4H3,(H,26,27);5-10,15H,11-14H2,1-4H3,(H,25,26);7-10,13-14H,1,11-12H2,2-6H3,(H,23,24);3-5,7-9,12-14H,6,10-11H2,1-2H3,(H,21,22);1H4/b11-9+;;9-7+,10-8+;8-5+,15-7-,16-14+,18-13+;/t18-;;;;/m0..../s1. The van der Waals surface area contributed by atoms with Gasteiger partial charge in [-0.25, -0.2) is 19.2 Å². The Morgan fingerprint density at radius 2 is 1.14 bits per heavy atom. The van der Waals surface area contributed by atoms with Crippen LogP contribution in [0.15, 0.2) is 186 Å². The maximum atomic E-state index is 11.2. The Morgan fingerprint density at radius 3 is 1.75 bits per heavy atom. The zero-order valence-corrected chi connectivity index (χ0v) is 63.0. The molecule has 11 heteroatoms. The molecule has 1 saturated heterocycles. The van der Waals surface area contributed by atoms with Gasteiger partial charge in [-0.15, -0.1) is 0 Å². The summed E-state index contributed by atoms with van der Waals surface area (Å²) >= 11 is 0. The van der Waals surface area contributed by atoms with Gasteiger partial charge in [-0.2, -0.15) is 0 Å². The summed E-state index contributed by atoms with van der Waals surface area (Å²) in [5, 5.41) is 35.4. The SMILES string of the molecule is C.C=C(/C=C/C=C/C(=O)O)c1cc(C(C)(C)C)cc2c1CCC2(C)C.CC(=C/C=C/C(C)=C/C(=O)O)/C=C1\CCCc2ccccc21.CC1(C)CCC(C)(C)c2cc(C3(c4ccc(C(=O)O)cc4)OCCO3)ccc21.CC1(C)CCC(C)(C)c2cc([C@@H]3CCCc4oc(/C=C/C(=O)O)cc43)ccc21. The molecule has 12 rings (SSSR count). The van der Waals surface area contributed by atoms with Crippen LogP contribution in [0.2, 0.25) is 0 Å². The average Bonchev–Trinajstić information content (AvgIpc) is 1.27. The van der Waals surface area contributed by atoms with E-state index in [1.807, 2.05) is 30.4 Å². The molecule has 546 valence electrons. The minimum Gasteiger partial charge on any atom is -0.478 e. The summed E-state index contributed by atoms with van der Waals surface area (Å²) in [5.41, 5.74) is 23.7. The van der Waals surface area contributed by atoms with E-state index >= 15 is 0 Å². The Hall–Kier alpha value is -8.90. The molecule has 6 aliphatic rings. The zero-order valence-electron chi connectivity index (χ0n) is 63.0. The molecule has 6 aromatic rings. The fourth-order valence-electron chi connectivity index (χ4n) is 15.5. The van der Waals surface area contributed by atoms with Crippen molar-refractivity contribution in [3.8, 4) is 0 Å². The normalized spacial score (nSPS) is 19.8. The molecule has 1 atom stereocenters. The predicted molar refractivity (Wildman–Crippen MR) is 420 cm³/mol. The van der Waals surface area contributed by atoms with Crippen molar-refractivity contribution in [2.24, 2.45) is 0 Å². The number of rotatable bonds is 14. The minimum atomic E-state index is -0.982. The van der Waals surface area contributed by atoms with E-state index in [0.29, 0.717) is 24.9 Å². The number of aryl methyl sites for hydroxylation is 2. The number of furan rings is 1. The number of carboxylic acids is 4. The maximum Gasteiger partial charge on any atom is 0.335 e. The number of aromatic carboxylic acids is 1. The fraction of sp³-hybridized carbons (Fsp3) is 0.413. The lowest BCUT2D eigenvalue weighted by Crippen LogP contribution is -2.35. The molecule has 0 spiro atoms. The van der Waals surface area contributed by atoms with Gasteiger partial charge in [-0.05, 0) is 225 Å². The number of fused-ring (bicyclic) bond motifs is 5. The van der Waals surface area contributed by atoms with Crippen molar-refractivity contribution in [2.75, 3.05) is 13.2 Å². The van der Waals surface area contributed by atoms with Gasteiger partial charge in [0.05, 0.1) is 18.8 Å². The number of hydrogen-bond acceptors (Lipinski definition) is 7. The third-order valence-electron chi connectivity index (χ3n) is 21.8. The van der Waals surface area contributed by atoms with Crippen molar-refractivity contribution in [1.29, 1.82) is 0 Å². The van der Waals surface area contributed by atoms with Gasteiger partial charge in [0.1, 0.15) is 11.5 Å². The van der Waals surface area contributed by atoms with E-state index in [-0.39, 0.29) is 45.5 Å². The number of ether oxygens (including phenoxy) is 2. The lowest BCUT2D eigenvalue weighted by molar-refractivity contribution is -0.132. The van der Waals surface area contributed by atoms with Crippen LogP contribution in [-0.4, -0.2) is 57.5 Å². The zero-order chi connectivity index (χ0) is 74.3. The van der Waals surface area contributed by atoms with E-state index in [1.54, 1.807) is 43.3 Å². The lowest BCUT2D eigenvalue weighted by Gasteiger charge is -2.42. The number of aliphatic carboxylic acids is 3.